The highest BCUT2D eigenvalue weighted by Gasteiger charge is 2.21. The van der Waals surface area contributed by atoms with Crippen LogP contribution >= 0.6 is 0 Å². The van der Waals surface area contributed by atoms with Crippen LogP contribution in [-0.2, 0) is 16.1 Å². The summed E-state index contributed by atoms with van der Waals surface area (Å²) in [5.41, 5.74) is 2.38. The molecule has 36 heavy (non-hydrogen) atoms. The summed E-state index contributed by atoms with van der Waals surface area (Å²) in [5.74, 6) is -0.0654. The van der Waals surface area contributed by atoms with Crippen molar-refractivity contribution in [2.45, 2.75) is 38.8 Å². The predicted octanol–water partition coefficient (Wildman–Crippen LogP) is 3.13. The minimum Gasteiger partial charge on any atom is -0.495 e. The highest BCUT2D eigenvalue weighted by atomic mass is 19.3. The molecule has 1 unspecified atom stereocenters. The van der Waals surface area contributed by atoms with Crippen molar-refractivity contribution in [1.29, 1.82) is 0 Å². The second kappa shape index (κ2) is 13.0. The zero-order valence-electron chi connectivity index (χ0n) is 20.5. The van der Waals surface area contributed by atoms with Crippen LogP contribution in [0.3, 0.4) is 0 Å². The topological polar surface area (TPSA) is 91.0 Å². The van der Waals surface area contributed by atoms with E-state index in [1.54, 1.807) is 38.3 Å². The van der Waals surface area contributed by atoms with E-state index in [4.69, 9.17) is 4.74 Å². The third kappa shape index (κ3) is 7.48. The molecule has 1 atom stereocenters. The van der Waals surface area contributed by atoms with Crippen molar-refractivity contribution in [3.05, 3.63) is 59.2 Å². The Bertz CT molecular complexity index is 1040. The average molecular weight is 503 g/mol. The molecule has 2 aromatic rings. The van der Waals surface area contributed by atoms with Crippen LogP contribution in [0.1, 0.15) is 47.7 Å². The van der Waals surface area contributed by atoms with Crippen LogP contribution in [0.15, 0.2) is 42.5 Å². The molecule has 1 fully saturated rings. The van der Waals surface area contributed by atoms with Crippen molar-refractivity contribution in [2.75, 3.05) is 38.2 Å². The number of carbonyl (C=O) groups excluding carboxylic acids is 3. The van der Waals surface area contributed by atoms with Gasteiger partial charge in [-0.3, -0.25) is 24.6 Å². The van der Waals surface area contributed by atoms with E-state index in [9.17, 15) is 23.2 Å². The molecule has 8 nitrogen and oxygen atoms in total. The molecule has 0 aliphatic carbocycles. The van der Waals surface area contributed by atoms with E-state index in [0.29, 0.717) is 30.7 Å². The van der Waals surface area contributed by atoms with Crippen molar-refractivity contribution in [3.8, 4) is 5.75 Å². The fourth-order valence-electron chi connectivity index (χ4n) is 4.12. The standard InChI is InChI=1S/C26H32F2N4O4/c1-18(3-10-24(34)29-17-33)30-26(35)21-8-9-22(23(15-21)36-2)32-13-11-31(12-14-32)16-19-4-6-20(7-5-19)25(27)28/h4-9,15,17-18,25H,3,10-14,16H2,1-2H3,(H,30,35)(H,29,33,34). The Morgan fingerprint density at radius 1 is 1.08 bits per heavy atom. The number of rotatable bonds is 11. The molecule has 2 N–H and O–H groups in total. The Labute approximate surface area is 209 Å². The van der Waals surface area contributed by atoms with Crippen LogP contribution < -0.4 is 20.3 Å². The second-order valence-electron chi connectivity index (χ2n) is 8.79. The number of carbonyl (C=O) groups is 3. The smallest absolute Gasteiger partial charge is 0.263 e. The summed E-state index contributed by atoms with van der Waals surface area (Å²) in [7, 11) is 1.56. The van der Waals surface area contributed by atoms with Gasteiger partial charge in [-0.1, -0.05) is 24.3 Å². The molecule has 0 saturated carbocycles. The predicted molar refractivity (Wildman–Crippen MR) is 132 cm³/mol. The van der Waals surface area contributed by atoms with Crippen molar-refractivity contribution < 1.29 is 27.9 Å². The lowest BCUT2D eigenvalue weighted by atomic mass is 10.1. The fourth-order valence-corrected chi connectivity index (χ4v) is 4.12. The van der Waals surface area contributed by atoms with E-state index in [0.717, 1.165) is 37.4 Å². The molecule has 1 heterocycles. The Morgan fingerprint density at radius 2 is 1.78 bits per heavy atom. The molecule has 0 bridgehead atoms. The van der Waals surface area contributed by atoms with E-state index in [1.807, 2.05) is 6.07 Å². The first-order valence-corrected chi connectivity index (χ1v) is 11.9. The van der Waals surface area contributed by atoms with Crippen molar-refractivity contribution in [1.82, 2.24) is 15.5 Å². The Kier molecular flexibility index (Phi) is 9.75. The average Bonchev–Trinajstić information content (AvgIpc) is 2.88. The number of anilines is 1. The Balaban J connectivity index is 1.54. The van der Waals surface area contributed by atoms with Crippen molar-refractivity contribution in [2.24, 2.45) is 0 Å². The maximum absolute atomic E-state index is 12.8. The third-order valence-electron chi connectivity index (χ3n) is 6.19. The van der Waals surface area contributed by atoms with E-state index in [1.165, 1.54) is 12.1 Å². The van der Waals surface area contributed by atoms with Gasteiger partial charge in [0.2, 0.25) is 12.3 Å². The Morgan fingerprint density at radius 3 is 2.39 bits per heavy atom. The lowest BCUT2D eigenvalue weighted by Gasteiger charge is -2.36. The molecule has 0 spiro atoms. The molecule has 0 radical (unpaired) electrons. The number of nitrogens with zero attached hydrogens (tertiary/aromatic N) is 2. The summed E-state index contributed by atoms with van der Waals surface area (Å²) in [6, 6.07) is 11.5. The van der Waals surface area contributed by atoms with Crippen molar-refractivity contribution >= 4 is 23.9 Å². The lowest BCUT2D eigenvalue weighted by molar-refractivity contribution is -0.125. The Hall–Kier alpha value is -3.53. The van der Waals surface area contributed by atoms with E-state index in [2.05, 4.69) is 20.4 Å². The third-order valence-corrected chi connectivity index (χ3v) is 6.19. The highest BCUT2D eigenvalue weighted by molar-refractivity contribution is 5.95. The van der Waals surface area contributed by atoms with Crippen LogP contribution in [0.5, 0.6) is 5.75 Å². The first-order valence-electron chi connectivity index (χ1n) is 11.9. The van der Waals surface area contributed by atoms with Gasteiger partial charge in [0.25, 0.3) is 12.3 Å². The zero-order valence-corrected chi connectivity index (χ0v) is 20.5. The van der Waals surface area contributed by atoms with Crippen LogP contribution in [0.4, 0.5) is 14.5 Å². The van der Waals surface area contributed by atoms with Gasteiger partial charge in [0, 0.05) is 56.3 Å². The summed E-state index contributed by atoms with van der Waals surface area (Å²) < 4.78 is 31.1. The first kappa shape index (κ1) is 27.1. The number of halogens is 2. The molecule has 10 heteroatoms. The van der Waals surface area contributed by atoms with Crippen LogP contribution in [0, 0.1) is 0 Å². The van der Waals surface area contributed by atoms with Gasteiger partial charge in [-0.2, -0.15) is 0 Å². The van der Waals surface area contributed by atoms with E-state index >= 15 is 0 Å². The lowest BCUT2D eigenvalue weighted by Crippen LogP contribution is -2.46. The quantitative estimate of drug-likeness (QED) is 0.459. The number of piperazine rings is 1. The van der Waals surface area contributed by atoms with Gasteiger partial charge in [0.05, 0.1) is 12.8 Å². The summed E-state index contributed by atoms with van der Waals surface area (Å²) in [4.78, 5) is 38.9. The molecular weight excluding hydrogens is 470 g/mol. The zero-order chi connectivity index (χ0) is 26.1. The fraction of sp³-hybridized carbons (Fsp3) is 0.423. The molecule has 0 aromatic heterocycles. The van der Waals surface area contributed by atoms with Crippen LogP contribution in [-0.4, -0.2) is 62.5 Å². The normalized spacial score (nSPS) is 14.9. The number of alkyl halides is 2. The van der Waals surface area contributed by atoms with E-state index < -0.39 is 6.43 Å². The number of amides is 3. The maximum atomic E-state index is 12.8. The van der Waals surface area contributed by atoms with Gasteiger partial charge in [0.1, 0.15) is 5.75 Å². The number of methoxy groups -OCH3 is 1. The molecular formula is C26H32F2N4O4. The molecule has 1 aliphatic heterocycles. The summed E-state index contributed by atoms with van der Waals surface area (Å²) in [5, 5.41) is 4.94. The minimum absolute atomic E-state index is 0.0317. The number of ether oxygens (including phenoxy) is 1. The van der Waals surface area contributed by atoms with Gasteiger partial charge >= 0.3 is 0 Å². The minimum atomic E-state index is -2.46. The first-order chi connectivity index (χ1) is 17.3. The molecule has 1 saturated heterocycles. The van der Waals surface area contributed by atoms with Crippen LogP contribution in [0.2, 0.25) is 0 Å². The highest BCUT2D eigenvalue weighted by Crippen LogP contribution is 2.30. The molecule has 2 aromatic carbocycles. The number of nitrogens with one attached hydrogen (secondary N) is 2. The SMILES string of the molecule is COc1cc(C(=O)NC(C)CCC(=O)NC=O)ccc1N1CCN(Cc2ccc(C(F)F)cc2)CC1. The van der Waals surface area contributed by atoms with Gasteiger partial charge in [-0.15, -0.1) is 0 Å². The second-order valence-corrected chi connectivity index (χ2v) is 8.79. The van der Waals surface area contributed by atoms with Gasteiger partial charge in [0.15, 0.2) is 0 Å². The van der Waals surface area contributed by atoms with Gasteiger partial charge < -0.3 is 15.0 Å². The summed E-state index contributed by atoms with van der Waals surface area (Å²) >= 11 is 0. The number of hydrogen-bond acceptors (Lipinski definition) is 6. The number of hydrogen-bond donors (Lipinski definition) is 2. The largest absolute Gasteiger partial charge is 0.495 e. The molecule has 194 valence electrons. The van der Waals surface area contributed by atoms with Gasteiger partial charge in [-0.25, -0.2) is 8.78 Å². The summed E-state index contributed by atoms with van der Waals surface area (Å²) in [6.07, 6.45) is -1.58. The molecule has 3 amide bonds. The number of imide groups is 1. The van der Waals surface area contributed by atoms with Crippen LogP contribution in [0.25, 0.3) is 0 Å². The van der Waals surface area contributed by atoms with E-state index in [-0.39, 0.29) is 29.8 Å². The monoisotopic (exact) mass is 502 g/mol. The maximum Gasteiger partial charge on any atom is 0.263 e. The number of benzene rings is 2. The molecule has 3 rings (SSSR count). The van der Waals surface area contributed by atoms with Crippen molar-refractivity contribution in [3.63, 3.8) is 0 Å². The summed E-state index contributed by atoms with van der Waals surface area (Å²) in [6.45, 7) is 5.62. The molecule has 1 aliphatic rings. The van der Waals surface area contributed by atoms with Gasteiger partial charge in [-0.05, 0) is 37.1 Å².